The molecule has 22 heavy (non-hydrogen) atoms. The standard InChI is InChI=1S/C16H16N4OS/c1-9-8-22-16(17-9)13-6-4-5-12(7-13)15(21)18-14-10(2)19-20-11(14)3/h4-8H,1-3H3,(H,18,21)(H,19,20). The largest absolute Gasteiger partial charge is 0.319 e. The van der Waals surface area contributed by atoms with Crippen molar-refractivity contribution in [1.82, 2.24) is 15.2 Å². The topological polar surface area (TPSA) is 70.7 Å². The van der Waals surface area contributed by atoms with Gasteiger partial charge in [-0.15, -0.1) is 11.3 Å². The number of carbonyl (C=O) groups excluding carboxylic acids is 1. The van der Waals surface area contributed by atoms with Gasteiger partial charge in [0.25, 0.3) is 5.91 Å². The maximum atomic E-state index is 12.4. The van der Waals surface area contributed by atoms with Crippen molar-refractivity contribution in [2.75, 3.05) is 5.32 Å². The molecule has 0 spiro atoms. The van der Waals surface area contributed by atoms with Crippen LogP contribution >= 0.6 is 11.3 Å². The zero-order valence-corrected chi connectivity index (χ0v) is 13.4. The van der Waals surface area contributed by atoms with Crippen LogP contribution in [0.15, 0.2) is 29.6 Å². The van der Waals surface area contributed by atoms with E-state index in [1.165, 1.54) is 0 Å². The number of nitrogens with zero attached hydrogens (tertiary/aromatic N) is 2. The lowest BCUT2D eigenvalue weighted by atomic mass is 10.1. The summed E-state index contributed by atoms with van der Waals surface area (Å²) in [5, 5.41) is 12.8. The normalized spacial score (nSPS) is 10.7. The highest BCUT2D eigenvalue weighted by Gasteiger charge is 2.13. The Morgan fingerprint density at radius 2 is 2.09 bits per heavy atom. The van der Waals surface area contributed by atoms with Crippen LogP contribution in [0.4, 0.5) is 5.69 Å². The summed E-state index contributed by atoms with van der Waals surface area (Å²) in [6.45, 7) is 5.69. The zero-order chi connectivity index (χ0) is 15.7. The number of benzene rings is 1. The lowest BCUT2D eigenvalue weighted by Gasteiger charge is -2.06. The Balaban J connectivity index is 1.87. The van der Waals surface area contributed by atoms with Gasteiger partial charge in [0, 0.05) is 22.2 Å². The molecular formula is C16H16N4OS. The molecule has 0 bridgehead atoms. The van der Waals surface area contributed by atoms with Crippen LogP contribution < -0.4 is 5.32 Å². The van der Waals surface area contributed by atoms with E-state index in [4.69, 9.17) is 0 Å². The molecule has 0 fully saturated rings. The number of nitrogens with one attached hydrogen (secondary N) is 2. The van der Waals surface area contributed by atoms with Crippen molar-refractivity contribution in [3.63, 3.8) is 0 Å². The fourth-order valence-corrected chi connectivity index (χ4v) is 3.00. The van der Waals surface area contributed by atoms with E-state index in [0.29, 0.717) is 5.56 Å². The van der Waals surface area contributed by atoms with E-state index in [-0.39, 0.29) is 5.91 Å². The van der Waals surface area contributed by atoms with Gasteiger partial charge in [-0.1, -0.05) is 12.1 Å². The van der Waals surface area contributed by atoms with Crippen molar-refractivity contribution in [3.8, 4) is 10.6 Å². The first-order valence-electron chi connectivity index (χ1n) is 6.90. The molecule has 0 unspecified atom stereocenters. The smallest absolute Gasteiger partial charge is 0.255 e. The van der Waals surface area contributed by atoms with Crippen molar-refractivity contribution < 1.29 is 4.79 Å². The van der Waals surface area contributed by atoms with Crippen LogP contribution in [0.1, 0.15) is 27.4 Å². The highest BCUT2D eigenvalue weighted by Crippen LogP contribution is 2.25. The molecule has 0 aliphatic heterocycles. The van der Waals surface area contributed by atoms with Crippen LogP contribution in [-0.2, 0) is 0 Å². The average molecular weight is 312 g/mol. The van der Waals surface area contributed by atoms with Crippen molar-refractivity contribution in [1.29, 1.82) is 0 Å². The minimum absolute atomic E-state index is 0.150. The lowest BCUT2D eigenvalue weighted by molar-refractivity contribution is 0.102. The number of rotatable bonds is 3. The van der Waals surface area contributed by atoms with Gasteiger partial charge in [0.2, 0.25) is 0 Å². The summed E-state index contributed by atoms with van der Waals surface area (Å²) in [7, 11) is 0. The zero-order valence-electron chi connectivity index (χ0n) is 12.6. The Bertz CT molecular complexity index is 815. The van der Waals surface area contributed by atoms with Crippen LogP contribution in [-0.4, -0.2) is 21.1 Å². The Morgan fingerprint density at radius 1 is 1.27 bits per heavy atom. The van der Waals surface area contributed by atoms with Crippen molar-refractivity contribution >= 4 is 22.9 Å². The van der Waals surface area contributed by atoms with Gasteiger partial charge in [0.1, 0.15) is 5.01 Å². The van der Waals surface area contributed by atoms with Crippen molar-refractivity contribution in [3.05, 3.63) is 52.3 Å². The van der Waals surface area contributed by atoms with Gasteiger partial charge < -0.3 is 5.32 Å². The molecule has 0 radical (unpaired) electrons. The van der Waals surface area contributed by atoms with Crippen molar-refractivity contribution in [2.24, 2.45) is 0 Å². The summed E-state index contributed by atoms with van der Waals surface area (Å²) in [4.78, 5) is 16.9. The SMILES string of the molecule is Cc1csc(-c2cccc(C(=O)Nc3c(C)n[nH]c3C)c2)n1. The number of carbonyl (C=O) groups is 1. The highest BCUT2D eigenvalue weighted by atomic mass is 32.1. The lowest BCUT2D eigenvalue weighted by Crippen LogP contribution is -2.13. The van der Waals surface area contributed by atoms with E-state index < -0.39 is 0 Å². The minimum Gasteiger partial charge on any atom is -0.319 e. The average Bonchev–Trinajstić information content (AvgIpc) is 3.08. The molecule has 1 amide bonds. The monoisotopic (exact) mass is 312 g/mol. The van der Waals surface area contributed by atoms with Crippen LogP contribution in [0.25, 0.3) is 10.6 Å². The second-order valence-corrected chi connectivity index (χ2v) is 6.00. The number of aromatic amines is 1. The van der Waals surface area contributed by atoms with E-state index >= 15 is 0 Å². The fraction of sp³-hybridized carbons (Fsp3) is 0.188. The van der Waals surface area contributed by atoms with Crippen LogP contribution in [0, 0.1) is 20.8 Å². The molecule has 0 saturated carbocycles. The number of amides is 1. The summed E-state index contributed by atoms with van der Waals surface area (Å²) in [6.07, 6.45) is 0. The predicted molar refractivity (Wildman–Crippen MR) is 88.3 cm³/mol. The number of aromatic nitrogens is 3. The molecule has 6 heteroatoms. The second kappa shape index (κ2) is 5.73. The molecule has 1 aromatic carbocycles. The van der Waals surface area contributed by atoms with E-state index in [1.54, 1.807) is 17.4 Å². The molecule has 2 N–H and O–H groups in total. The first kappa shape index (κ1) is 14.5. The van der Waals surface area contributed by atoms with Crippen molar-refractivity contribution in [2.45, 2.75) is 20.8 Å². The number of thiazole rings is 1. The fourth-order valence-electron chi connectivity index (χ4n) is 2.20. The molecule has 112 valence electrons. The third-order valence-electron chi connectivity index (χ3n) is 3.36. The van der Waals surface area contributed by atoms with E-state index in [0.717, 1.165) is 33.3 Å². The summed E-state index contributed by atoms with van der Waals surface area (Å²) >= 11 is 1.58. The van der Waals surface area contributed by atoms with Gasteiger partial charge in [-0.25, -0.2) is 4.98 Å². The molecule has 0 saturated heterocycles. The van der Waals surface area contributed by atoms with E-state index in [2.05, 4.69) is 20.5 Å². The molecule has 2 heterocycles. The second-order valence-electron chi connectivity index (χ2n) is 5.14. The molecule has 5 nitrogen and oxygen atoms in total. The maximum Gasteiger partial charge on any atom is 0.255 e. The molecule has 0 aliphatic carbocycles. The Morgan fingerprint density at radius 3 is 2.73 bits per heavy atom. The van der Waals surface area contributed by atoms with Crippen LogP contribution in [0.2, 0.25) is 0 Å². The predicted octanol–water partition coefficient (Wildman–Crippen LogP) is 3.71. The molecule has 2 aromatic heterocycles. The van der Waals surface area contributed by atoms with Gasteiger partial charge in [-0.2, -0.15) is 5.10 Å². The summed E-state index contributed by atoms with van der Waals surface area (Å²) in [5.74, 6) is -0.150. The van der Waals surface area contributed by atoms with Gasteiger partial charge in [-0.05, 0) is 32.9 Å². The van der Waals surface area contributed by atoms with Gasteiger partial charge >= 0.3 is 0 Å². The Labute approximate surface area is 132 Å². The van der Waals surface area contributed by atoms with Gasteiger partial charge in [0.05, 0.1) is 17.1 Å². The third kappa shape index (κ3) is 2.78. The Hall–Kier alpha value is -2.47. The van der Waals surface area contributed by atoms with E-state index in [1.807, 2.05) is 44.4 Å². The molecule has 3 rings (SSSR count). The number of aryl methyl sites for hydroxylation is 3. The molecule has 3 aromatic rings. The quantitative estimate of drug-likeness (QED) is 0.774. The third-order valence-corrected chi connectivity index (χ3v) is 4.37. The Kier molecular flexibility index (Phi) is 3.77. The van der Waals surface area contributed by atoms with E-state index in [9.17, 15) is 4.79 Å². The summed E-state index contributed by atoms with van der Waals surface area (Å²) in [5.41, 5.74) is 4.90. The number of H-pyrrole nitrogens is 1. The number of hydrogen-bond donors (Lipinski definition) is 2. The van der Waals surface area contributed by atoms with Gasteiger partial charge in [-0.3, -0.25) is 9.89 Å². The summed E-state index contributed by atoms with van der Waals surface area (Å²) < 4.78 is 0. The van der Waals surface area contributed by atoms with Crippen LogP contribution in [0.5, 0.6) is 0 Å². The van der Waals surface area contributed by atoms with Crippen LogP contribution in [0.3, 0.4) is 0 Å². The number of anilines is 1. The van der Waals surface area contributed by atoms with Gasteiger partial charge in [0.15, 0.2) is 0 Å². The maximum absolute atomic E-state index is 12.4. The minimum atomic E-state index is -0.150. The molecule has 0 atom stereocenters. The molecular weight excluding hydrogens is 296 g/mol. The first-order chi connectivity index (χ1) is 10.5. The first-order valence-corrected chi connectivity index (χ1v) is 7.78. The highest BCUT2D eigenvalue weighted by molar-refractivity contribution is 7.13. The molecule has 0 aliphatic rings. The summed E-state index contributed by atoms with van der Waals surface area (Å²) in [6, 6.07) is 7.49. The number of hydrogen-bond acceptors (Lipinski definition) is 4.